The maximum atomic E-state index is 13.8. The molecule has 188 valence electrons. The lowest BCUT2D eigenvalue weighted by Crippen LogP contribution is -2.49. The van der Waals surface area contributed by atoms with Crippen LogP contribution >= 0.6 is 0 Å². The third kappa shape index (κ3) is 5.12. The molecule has 1 aromatic carbocycles. The highest BCUT2D eigenvalue weighted by molar-refractivity contribution is 7.90. The summed E-state index contributed by atoms with van der Waals surface area (Å²) in [7, 11) is -2.07. The molecule has 5 rings (SSSR count). The van der Waals surface area contributed by atoms with E-state index in [4.69, 9.17) is 14.6 Å². The van der Waals surface area contributed by atoms with Gasteiger partial charge < -0.3 is 25.0 Å². The van der Waals surface area contributed by atoms with E-state index in [0.717, 1.165) is 50.5 Å². The van der Waals surface area contributed by atoms with Crippen molar-refractivity contribution in [2.45, 2.75) is 30.4 Å². The Morgan fingerprint density at radius 3 is 2.69 bits per heavy atom. The lowest BCUT2D eigenvalue weighted by atomic mass is 10.2. The highest BCUT2D eigenvalue weighted by atomic mass is 32.2. The largest absolute Gasteiger partial charge is 0.483 e. The van der Waals surface area contributed by atoms with Crippen LogP contribution in [-0.4, -0.2) is 80.9 Å². The van der Waals surface area contributed by atoms with Crippen LogP contribution < -0.4 is 15.1 Å². The summed E-state index contributed by atoms with van der Waals surface area (Å²) in [6, 6.07) is 11.1. The van der Waals surface area contributed by atoms with Gasteiger partial charge in [0.05, 0.1) is 22.2 Å². The van der Waals surface area contributed by atoms with Crippen molar-refractivity contribution in [1.29, 1.82) is 0 Å². The molecule has 2 aromatic heterocycles. The molecule has 10 nitrogen and oxygen atoms in total. The second kappa shape index (κ2) is 10.6. The highest BCUT2D eigenvalue weighted by Gasteiger charge is 2.27. The van der Waals surface area contributed by atoms with Gasteiger partial charge in [-0.25, -0.2) is 12.4 Å². The first-order valence-electron chi connectivity index (χ1n) is 11.5. The van der Waals surface area contributed by atoms with E-state index in [2.05, 4.69) is 27.0 Å². The summed E-state index contributed by atoms with van der Waals surface area (Å²) in [5.41, 5.74) is 3.07. The van der Waals surface area contributed by atoms with Gasteiger partial charge in [0, 0.05) is 64.0 Å². The normalized spacial score (nSPS) is 20.5. The Morgan fingerprint density at radius 2 is 1.97 bits per heavy atom. The third-order valence-electron chi connectivity index (χ3n) is 6.43. The minimum absolute atomic E-state index is 0.179. The van der Waals surface area contributed by atoms with Gasteiger partial charge in [-0.2, -0.15) is 0 Å². The molecule has 0 spiro atoms. The summed E-state index contributed by atoms with van der Waals surface area (Å²) < 4.78 is 34.4. The van der Waals surface area contributed by atoms with Crippen molar-refractivity contribution in [3.05, 3.63) is 48.8 Å². The number of hydrogen-bond acceptors (Lipinski definition) is 8. The van der Waals surface area contributed by atoms with Crippen molar-refractivity contribution in [2.24, 2.45) is 0 Å². The Hall–Kier alpha value is -3.15. The van der Waals surface area contributed by atoms with Gasteiger partial charge in [-0.3, -0.25) is 9.78 Å². The molecule has 11 heteroatoms. The zero-order valence-electron chi connectivity index (χ0n) is 19.9. The fraction of sp³-hybridized carbons (Fsp3) is 0.417. The quantitative estimate of drug-likeness (QED) is 0.506. The molecule has 0 aliphatic carbocycles. The molecule has 3 aromatic rings. The lowest BCUT2D eigenvalue weighted by molar-refractivity contribution is -0.122. The number of piperazine rings is 1. The lowest BCUT2D eigenvalue weighted by Gasteiger charge is -2.32. The molecule has 0 amide bonds. The third-order valence-corrected chi connectivity index (χ3v) is 8.10. The van der Waals surface area contributed by atoms with E-state index >= 15 is 0 Å². The van der Waals surface area contributed by atoms with Crippen molar-refractivity contribution in [1.82, 2.24) is 14.3 Å². The Bertz CT molecular complexity index is 1280. The fourth-order valence-electron chi connectivity index (χ4n) is 4.70. The van der Waals surface area contributed by atoms with Gasteiger partial charge in [-0.1, -0.05) is 6.07 Å². The molecule has 0 unspecified atom stereocenters. The molecular weight excluding hydrogens is 470 g/mol. The number of nitrogens with zero attached hydrogens (tertiary/aromatic N) is 4. The van der Waals surface area contributed by atoms with Gasteiger partial charge in [0.1, 0.15) is 5.52 Å². The van der Waals surface area contributed by atoms with E-state index in [1.807, 2.05) is 18.2 Å². The van der Waals surface area contributed by atoms with Crippen LogP contribution in [0.25, 0.3) is 11.0 Å². The maximum absolute atomic E-state index is 13.8. The van der Waals surface area contributed by atoms with Crippen molar-refractivity contribution in [2.75, 3.05) is 49.6 Å². The monoisotopic (exact) mass is 501 g/mol. The highest BCUT2D eigenvalue weighted by Crippen LogP contribution is 2.32. The molecular formula is C24H31N5O5S. The second-order valence-corrected chi connectivity index (χ2v) is 10.5. The van der Waals surface area contributed by atoms with Gasteiger partial charge in [-0.05, 0) is 43.7 Å². The Morgan fingerprint density at radius 1 is 1.17 bits per heavy atom. The van der Waals surface area contributed by atoms with Crippen LogP contribution in [0.15, 0.2) is 53.7 Å². The van der Waals surface area contributed by atoms with Crippen LogP contribution in [0.2, 0.25) is 0 Å². The SMILES string of the molecule is CO[C@@H]1CCN(c2cccc(S(=O)(=O)n3cc(N4CCN[C@@H](C)C4)c4ncccc43)c2)C1.O=CO. The van der Waals surface area contributed by atoms with Gasteiger partial charge >= 0.3 is 0 Å². The number of aromatic nitrogens is 2. The van der Waals surface area contributed by atoms with Crippen LogP contribution in [-0.2, 0) is 19.6 Å². The number of carbonyl (C=O) groups is 1. The van der Waals surface area contributed by atoms with Gasteiger partial charge in [-0.15, -0.1) is 0 Å². The zero-order chi connectivity index (χ0) is 25.0. The van der Waals surface area contributed by atoms with Crippen molar-refractivity contribution < 1.29 is 23.1 Å². The van der Waals surface area contributed by atoms with E-state index in [0.29, 0.717) is 17.1 Å². The van der Waals surface area contributed by atoms with Crippen molar-refractivity contribution >= 4 is 38.9 Å². The minimum atomic E-state index is -3.79. The number of benzene rings is 1. The number of rotatable bonds is 5. The molecule has 35 heavy (non-hydrogen) atoms. The minimum Gasteiger partial charge on any atom is -0.483 e. The second-order valence-electron chi connectivity index (χ2n) is 8.68. The molecule has 2 aliphatic rings. The molecule has 0 radical (unpaired) electrons. The number of hydrogen-bond donors (Lipinski definition) is 2. The van der Waals surface area contributed by atoms with Crippen LogP contribution in [0.3, 0.4) is 0 Å². The molecule has 2 fully saturated rings. The van der Waals surface area contributed by atoms with Crippen molar-refractivity contribution in [3.8, 4) is 0 Å². The number of ether oxygens (including phenoxy) is 1. The molecule has 2 N–H and O–H groups in total. The number of carboxylic acid groups (broad SMARTS) is 1. The van der Waals surface area contributed by atoms with Crippen LogP contribution in [0.1, 0.15) is 13.3 Å². The standard InChI is InChI=1S/C23H29N5O3S.CH2O2/c1-17-14-27(12-10-24-17)22-16-28(21-7-4-9-25-23(21)22)32(29,30)20-6-3-5-18(13-20)26-11-8-19(15-26)31-2;2-1-3/h3-7,9,13,16-17,19,24H,8,10-12,14-15H2,1-2H3;1H,(H,2,3)/t17-,19+;/m0./s1. The number of anilines is 2. The predicted octanol–water partition coefficient (Wildman–Crippen LogP) is 2.00. The average Bonchev–Trinajstić information content (AvgIpc) is 3.50. The molecule has 0 bridgehead atoms. The molecule has 2 saturated heterocycles. The molecule has 0 saturated carbocycles. The van der Waals surface area contributed by atoms with E-state index in [-0.39, 0.29) is 17.5 Å². The van der Waals surface area contributed by atoms with Gasteiger partial charge in [0.25, 0.3) is 16.5 Å². The van der Waals surface area contributed by atoms with Gasteiger partial charge in [0.15, 0.2) is 0 Å². The van der Waals surface area contributed by atoms with E-state index in [1.165, 1.54) is 3.97 Å². The van der Waals surface area contributed by atoms with Crippen LogP contribution in [0.5, 0.6) is 0 Å². The zero-order valence-corrected chi connectivity index (χ0v) is 20.7. The average molecular weight is 502 g/mol. The summed E-state index contributed by atoms with van der Waals surface area (Å²) in [5.74, 6) is 0. The van der Waals surface area contributed by atoms with Crippen LogP contribution in [0, 0.1) is 0 Å². The smallest absolute Gasteiger partial charge is 0.290 e. The topological polar surface area (TPSA) is 117 Å². The maximum Gasteiger partial charge on any atom is 0.290 e. The predicted molar refractivity (Wildman–Crippen MR) is 135 cm³/mol. The van der Waals surface area contributed by atoms with E-state index in [1.54, 1.807) is 37.7 Å². The first-order valence-corrected chi connectivity index (χ1v) is 13.0. The number of fused-ring (bicyclic) bond motifs is 1. The summed E-state index contributed by atoms with van der Waals surface area (Å²) in [4.78, 5) is 17.6. The summed E-state index contributed by atoms with van der Waals surface area (Å²) in [5, 5.41) is 10.3. The summed E-state index contributed by atoms with van der Waals surface area (Å²) in [6.45, 7) is 5.97. The molecule has 2 atom stereocenters. The first-order chi connectivity index (χ1) is 16.9. The van der Waals surface area contributed by atoms with E-state index < -0.39 is 10.0 Å². The number of nitrogens with one attached hydrogen (secondary N) is 1. The van der Waals surface area contributed by atoms with E-state index in [9.17, 15) is 8.42 Å². The number of methoxy groups -OCH3 is 1. The summed E-state index contributed by atoms with van der Waals surface area (Å²) in [6.07, 6.45) is 4.57. The Kier molecular flexibility index (Phi) is 7.58. The fourth-order valence-corrected chi connectivity index (χ4v) is 6.10. The van der Waals surface area contributed by atoms with Gasteiger partial charge in [0.2, 0.25) is 0 Å². The van der Waals surface area contributed by atoms with Crippen molar-refractivity contribution in [3.63, 3.8) is 0 Å². The Balaban J connectivity index is 0.000000917. The first kappa shape index (κ1) is 25.0. The molecule has 4 heterocycles. The molecule has 2 aliphatic heterocycles. The van der Waals surface area contributed by atoms with Crippen LogP contribution in [0.4, 0.5) is 11.4 Å². The summed E-state index contributed by atoms with van der Waals surface area (Å²) >= 11 is 0. The number of pyridine rings is 1. The Labute approximate surface area is 205 Å².